The van der Waals surface area contributed by atoms with Crippen molar-refractivity contribution < 1.29 is 4.79 Å². The lowest BCUT2D eigenvalue weighted by Gasteiger charge is -2.27. The lowest BCUT2D eigenvalue weighted by atomic mass is 10.0. The molecule has 3 nitrogen and oxygen atoms in total. The van der Waals surface area contributed by atoms with Crippen LogP contribution >= 0.6 is 0 Å². The van der Waals surface area contributed by atoms with Crippen LogP contribution in [0.4, 0.5) is 0 Å². The average molecular weight is 286 g/mol. The molecule has 3 heteroatoms. The Kier molecular flexibility index (Phi) is 4.59. The fraction of sp³-hybridized carbons (Fsp3) is 0.611. The Morgan fingerprint density at radius 3 is 2.90 bits per heavy atom. The van der Waals surface area contributed by atoms with Crippen molar-refractivity contribution in [2.24, 2.45) is 5.92 Å². The van der Waals surface area contributed by atoms with E-state index in [9.17, 15) is 4.79 Å². The van der Waals surface area contributed by atoms with E-state index in [0.717, 1.165) is 50.4 Å². The molecule has 1 saturated carbocycles. The van der Waals surface area contributed by atoms with Gasteiger partial charge in [-0.3, -0.25) is 4.79 Å². The highest BCUT2D eigenvalue weighted by Gasteiger charge is 2.33. The van der Waals surface area contributed by atoms with E-state index in [1.54, 1.807) is 0 Å². The van der Waals surface area contributed by atoms with Gasteiger partial charge in [0.15, 0.2) is 0 Å². The summed E-state index contributed by atoms with van der Waals surface area (Å²) in [5, 5.41) is 3.65. The predicted molar refractivity (Wildman–Crippen MR) is 85.5 cm³/mol. The molecule has 2 aliphatic rings. The second kappa shape index (κ2) is 6.61. The minimum atomic E-state index is 0.229. The predicted octanol–water partition coefficient (Wildman–Crippen LogP) is 2.85. The topological polar surface area (TPSA) is 32.3 Å². The quantitative estimate of drug-likeness (QED) is 0.872. The van der Waals surface area contributed by atoms with Crippen molar-refractivity contribution in [3.8, 4) is 0 Å². The van der Waals surface area contributed by atoms with Crippen molar-refractivity contribution in [3.63, 3.8) is 0 Å². The standard InChI is InChI=1S/C18H26N2O/c1-2-11-19-17(15-9-10-15)13-20-12-5-7-14-6-3-4-8-16(14)18(20)21/h3-4,6,8,15,17,19H,2,5,7,9-13H2,1H3. The van der Waals surface area contributed by atoms with Crippen LogP contribution in [0.15, 0.2) is 24.3 Å². The molecule has 1 N–H and O–H groups in total. The summed E-state index contributed by atoms with van der Waals surface area (Å²) in [6.07, 6.45) is 5.89. The number of nitrogens with zero attached hydrogens (tertiary/aromatic N) is 1. The van der Waals surface area contributed by atoms with E-state index in [0.29, 0.717) is 6.04 Å². The molecule has 0 bridgehead atoms. The molecule has 1 heterocycles. The summed E-state index contributed by atoms with van der Waals surface area (Å²) in [5.74, 6) is 1.01. The fourth-order valence-electron chi connectivity index (χ4n) is 3.30. The number of rotatable bonds is 6. The number of hydrogen-bond acceptors (Lipinski definition) is 2. The second-order valence-electron chi connectivity index (χ2n) is 6.41. The average Bonchev–Trinajstić information content (AvgIpc) is 3.34. The van der Waals surface area contributed by atoms with Gasteiger partial charge in [-0.2, -0.15) is 0 Å². The molecule has 1 aromatic carbocycles. The summed E-state index contributed by atoms with van der Waals surface area (Å²) in [5.41, 5.74) is 2.13. The SMILES string of the molecule is CCCNC(CN1CCCc2ccccc2C1=O)C1CC1. The van der Waals surface area contributed by atoms with Crippen LogP contribution in [0.5, 0.6) is 0 Å². The smallest absolute Gasteiger partial charge is 0.254 e. The van der Waals surface area contributed by atoms with Crippen molar-refractivity contribution in [1.29, 1.82) is 0 Å². The molecule has 0 radical (unpaired) electrons. The highest BCUT2D eigenvalue weighted by atomic mass is 16.2. The first-order chi connectivity index (χ1) is 10.3. The van der Waals surface area contributed by atoms with E-state index in [2.05, 4.69) is 23.2 Å². The summed E-state index contributed by atoms with van der Waals surface area (Å²) in [7, 11) is 0. The monoisotopic (exact) mass is 286 g/mol. The van der Waals surface area contributed by atoms with Gasteiger partial charge in [0.25, 0.3) is 5.91 Å². The third-order valence-electron chi connectivity index (χ3n) is 4.67. The van der Waals surface area contributed by atoms with Crippen LogP contribution in [0.3, 0.4) is 0 Å². The van der Waals surface area contributed by atoms with Crippen LogP contribution in [-0.4, -0.2) is 36.5 Å². The summed E-state index contributed by atoms with van der Waals surface area (Å²) in [4.78, 5) is 14.9. The maximum absolute atomic E-state index is 12.8. The molecule has 0 aromatic heterocycles. The van der Waals surface area contributed by atoms with Gasteiger partial charge in [0, 0.05) is 24.7 Å². The lowest BCUT2D eigenvalue weighted by Crippen LogP contribution is -2.45. The highest BCUT2D eigenvalue weighted by molar-refractivity contribution is 5.96. The first kappa shape index (κ1) is 14.6. The molecule has 1 fully saturated rings. The van der Waals surface area contributed by atoms with Gasteiger partial charge in [-0.1, -0.05) is 25.1 Å². The van der Waals surface area contributed by atoms with Crippen molar-refractivity contribution in [3.05, 3.63) is 35.4 Å². The molecule has 1 amide bonds. The van der Waals surface area contributed by atoms with E-state index in [1.165, 1.54) is 18.4 Å². The summed E-state index contributed by atoms with van der Waals surface area (Å²) in [6.45, 7) is 5.02. The van der Waals surface area contributed by atoms with Gasteiger partial charge in [-0.15, -0.1) is 0 Å². The van der Waals surface area contributed by atoms with Crippen molar-refractivity contribution in [1.82, 2.24) is 10.2 Å². The minimum absolute atomic E-state index is 0.229. The third-order valence-corrected chi connectivity index (χ3v) is 4.67. The molecule has 3 rings (SSSR count). The molecular weight excluding hydrogens is 260 g/mol. The van der Waals surface area contributed by atoms with E-state index in [-0.39, 0.29) is 5.91 Å². The highest BCUT2D eigenvalue weighted by Crippen LogP contribution is 2.33. The summed E-state index contributed by atoms with van der Waals surface area (Å²) in [6, 6.07) is 8.59. The molecule has 114 valence electrons. The number of fused-ring (bicyclic) bond motifs is 1. The molecule has 1 unspecified atom stereocenters. The normalized spacial score (nSPS) is 20.0. The Morgan fingerprint density at radius 2 is 2.14 bits per heavy atom. The van der Waals surface area contributed by atoms with Gasteiger partial charge >= 0.3 is 0 Å². The van der Waals surface area contributed by atoms with Crippen LogP contribution in [0.2, 0.25) is 0 Å². The maximum Gasteiger partial charge on any atom is 0.254 e. The molecule has 0 saturated heterocycles. The minimum Gasteiger partial charge on any atom is -0.337 e. The summed E-state index contributed by atoms with van der Waals surface area (Å²) < 4.78 is 0. The van der Waals surface area contributed by atoms with Gasteiger partial charge < -0.3 is 10.2 Å². The number of nitrogens with one attached hydrogen (secondary N) is 1. The molecule has 1 atom stereocenters. The van der Waals surface area contributed by atoms with Gasteiger partial charge in [-0.25, -0.2) is 0 Å². The molecule has 1 aliphatic heterocycles. The molecular formula is C18H26N2O. The Balaban J connectivity index is 1.71. The zero-order chi connectivity index (χ0) is 14.7. The fourth-order valence-corrected chi connectivity index (χ4v) is 3.30. The van der Waals surface area contributed by atoms with Crippen molar-refractivity contribution >= 4 is 5.91 Å². The van der Waals surface area contributed by atoms with Crippen molar-refractivity contribution in [2.75, 3.05) is 19.6 Å². The number of carbonyl (C=O) groups is 1. The van der Waals surface area contributed by atoms with E-state index in [1.807, 2.05) is 18.2 Å². The van der Waals surface area contributed by atoms with Crippen LogP contribution in [0.25, 0.3) is 0 Å². The summed E-state index contributed by atoms with van der Waals surface area (Å²) >= 11 is 0. The number of hydrogen-bond donors (Lipinski definition) is 1. The number of carbonyl (C=O) groups excluding carboxylic acids is 1. The lowest BCUT2D eigenvalue weighted by molar-refractivity contribution is 0.0739. The van der Waals surface area contributed by atoms with Gasteiger partial charge in [0.05, 0.1) is 0 Å². The van der Waals surface area contributed by atoms with E-state index < -0.39 is 0 Å². The van der Waals surface area contributed by atoms with E-state index >= 15 is 0 Å². The largest absolute Gasteiger partial charge is 0.337 e. The first-order valence-electron chi connectivity index (χ1n) is 8.40. The van der Waals surface area contributed by atoms with Gasteiger partial charge in [0.2, 0.25) is 0 Å². The molecule has 1 aromatic rings. The maximum atomic E-state index is 12.8. The van der Waals surface area contributed by atoms with Crippen LogP contribution < -0.4 is 5.32 Å². The Morgan fingerprint density at radius 1 is 1.33 bits per heavy atom. The molecule has 1 aliphatic carbocycles. The Labute approximate surface area is 127 Å². The first-order valence-corrected chi connectivity index (χ1v) is 8.40. The van der Waals surface area contributed by atoms with Crippen LogP contribution in [0, 0.1) is 5.92 Å². The zero-order valence-corrected chi connectivity index (χ0v) is 13.0. The Hall–Kier alpha value is -1.35. The molecule has 21 heavy (non-hydrogen) atoms. The van der Waals surface area contributed by atoms with Gasteiger partial charge in [0.1, 0.15) is 0 Å². The zero-order valence-electron chi connectivity index (χ0n) is 13.0. The van der Waals surface area contributed by atoms with E-state index in [4.69, 9.17) is 0 Å². The molecule has 0 spiro atoms. The number of aryl methyl sites for hydroxylation is 1. The van der Waals surface area contributed by atoms with Crippen molar-refractivity contribution in [2.45, 2.75) is 45.1 Å². The number of benzene rings is 1. The third kappa shape index (κ3) is 3.46. The van der Waals surface area contributed by atoms with Gasteiger partial charge in [-0.05, 0) is 56.2 Å². The Bertz CT molecular complexity index is 496. The second-order valence-corrected chi connectivity index (χ2v) is 6.41. The van der Waals surface area contributed by atoms with Crippen LogP contribution in [0.1, 0.15) is 48.5 Å². The van der Waals surface area contributed by atoms with Crippen LogP contribution in [-0.2, 0) is 6.42 Å². The number of amides is 1.